The number of hydrogen-bond donors (Lipinski definition) is 0. The molecule has 0 fully saturated rings. The quantitative estimate of drug-likeness (QED) is 0.462. The number of benzene rings is 1. The van der Waals surface area contributed by atoms with Crippen molar-refractivity contribution < 1.29 is 9.85 Å². The maximum absolute atomic E-state index is 10.5. The Hall–Kier alpha value is -1.63. The smallest absolute Gasteiger partial charge is 0.258 e. The van der Waals surface area contributed by atoms with Crippen molar-refractivity contribution in [1.29, 1.82) is 0 Å². The third-order valence-electron chi connectivity index (χ3n) is 1.57. The lowest BCUT2D eigenvalue weighted by atomic mass is 10.3. The fourth-order valence-electron chi connectivity index (χ4n) is 0.935. The summed E-state index contributed by atoms with van der Waals surface area (Å²) in [7, 11) is 0. The van der Waals surface area contributed by atoms with Crippen molar-refractivity contribution in [3.8, 4) is 0 Å². The average Bonchev–Trinajstić information content (AvgIpc) is 2.30. The third-order valence-corrected chi connectivity index (χ3v) is 2.35. The van der Waals surface area contributed by atoms with Crippen LogP contribution < -0.4 is 0 Å². The van der Waals surface area contributed by atoms with Crippen molar-refractivity contribution in [2.45, 2.75) is 18.7 Å². The van der Waals surface area contributed by atoms with E-state index in [2.05, 4.69) is 0 Å². The zero-order chi connectivity index (χ0) is 12.7. The number of nitro groups is 2. The van der Waals surface area contributed by atoms with Crippen LogP contribution in [0.2, 0.25) is 0 Å². The van der Waals surface area contributed by atoms with Gasteiger partial charge in [-0.05, 0) is 12.3 Å². The largest absolute Gasteiger partial charge is 0.289 e. The SMILES string of the molecule is CC.CSc1ccc([N+](=O)[O-])cc1[N+](=O)[O-]. The van der Waals surface area contributed by atoms with Crippen LogP contribution in [0.3, 0.4) is 0 Å². The van der Waals surface area contributed by atoms with Crippen LogP contribution in [-0.2, 0) is 0 Å². The lowest BCUT2D eigenvalue weighted by Gasteiger charge is -1.98. The fourth-order valence-corrected chi connectivity index (χ4v) is 1.48. The Morgan fingerprint density at radius 1 is 1.12 bits per heavy atom. The van der Waals surface area contributed by atoms with Gasteiger partial charge in [0.25, 0.3) is 11.4 Å². The molecule has 0 aliphatic heterocycles. The minimum Gasteiger partial charge on any atom is -0.258 e. The molecule has 0 aromatic heterocycles. The van der Waals surface area contributed by atoms with Crippen LogP contribution in [-0.4, -0.2) is 16.1 Å². The molecule has 0 saturated heterocycles. The summed E-state index contributed by atoms with van der Waals surface area (Å²) in [5.41, 5.74) is -0.499. The van der Waals surface area contributed by atoms with Gasteiger partial charge < -0.3 is 0 Å². The predicted molar refractivity (Wildman–Crippen MR) is 62.9 cm³/mol. The second-order valence-corrected chi connectivity index (χ2v) is 3.22. The molecule has 6 nitrogen and oxygen atoms in total. The third kappa shape index (κ3) is 3.50. The molecule has 16 heavy (non-hydrogen) atoms. The maximum atomic E-state index is 10.5. The highest BCUT2D eigenvalue weighted by Gasteiger charge is 2.18. The van der Waals surface area contributed by atoms with Gasteiger partial charge in [-0.3, -0.25) is 20.2 Å². The van der Waals surface area contributed by atoms with E-state index in [-0.39, 0.29) is 11.4 Å². The molecule has 0 radical (unpaired) electrons. The average molecular weight is 244 g/mol. The van der Waals surface area contributed by atoms with Crippen LogP contribution in [0, 0.1) is 20.2 Å². The summed E-state index contributed by atoms with van der Waals surface area (Å²) in [6.07, 6.45) is 1.67. The molecular weight excluding hydrogens is 232 g/mol. The molecular formula is C9H12N2O4S. The van der Waals surface area contributed by atoms with Crippen LogP contribution in [0.4, 0.5) is 11.4 Å². The lowest BCUT2D eigenvalue weighted by molar-refractivity contribution is -0.396. The zero-order valence-electron chi connectivity index (χ0n) is 9.17. The predicted octanol–water partition coefficient (Wildman–Crippen LogP) is 3.25. The second kappa shape index (κ2) is 6.78. The fraction of sp³-hybridized carbons (Fsp3) is 0.333. The first kappa shape index (κ1) is 14.4. The molecule has 0 saturated carbocycles. The van der Waals surface area contributed by atoms with Crippen molar-refractivity contribution in [2.75, 3.05) is 6.26 Å². The van der Waals surface area contributed by atoms with Gasteiger partial charge in [0.1, 0.15) is 0 Å². The Kier molecular flexibility index (Phi) is 6.09. The van der Waals surface area contributed by atoms with Gasteiger partial charge in [0.2, 0.25) is 0 Å². The molecule has 0 unspecified atom stereocenters. The molecule has 7 heteroatoms. The lowest BCUT2D eigenvalue weighted by Crippen LogP contribution is -1.93. The number of hydrogen-bond acceptors (Lipinski definition) is 5. The molecule has 0 N–H and O–H groups in total. The van der Waals surface area contributed by atoms with E-state index >= 15 is 0 Å². The van der Waals surface area contributed by atoms with Crippen molar-refractivity contribution >= 4 is 23.1 Å². The van der Waals surface area contributed by atoms with E-state index in [0.29, 0.717) is 4.90 Å². The highest BCUT2D eigenvalue weighted by Crippen LogP contribution is 2.30. The van der Waals surface area contributed by atoms with Gasteiger partial charge in [0.15, 0.2) is 0 Å². The number of non-ortho nitro benzene ring substituents is 1. The second-order valence-electron chi connectivity index (χ2n) is 2.37. The van der Waals surface area contributed by atoms with Crippen molar-refractivity contribution in [2.24, 2.45) is 0 Å². The summed E-state index contributed by atoms with van der Waals surface area (Å²) in [6.45, 7) is 4.00. The van der Waals surface area contributed by atoms with Crippen molar-refractivity contribution in [3.05, 3.63) is 38.4 Å². The van der Waals surface area contributed by atoms with Crippen molar-refractivity contribution in [1.82, 2.24) is 0 Å². The van der Waals surface area contributed by atoms with Gasteiger partial charge >= 0.3 is 0 Å². The zero-order valence-corrected chi connectivity index (χ0v) is 9.98. The van der Waals surface area contributed by atoms with E-state index in [0.717, 1.165) is 6.07 Å². The molecule has 0 atom stereocenters. The Morgan fingerprint density at radius 2 is 1.69 bits per heavy atom. The summed E-state index contributed by atoms with van der Waals surface area (Å²) in [6, 6.07) is 3.59. The molecule has 0 heterocycles. The van der Waals surface area contributed by atoms with Gasteiger partial charge in [-0.2, -0.15) is 0 Å². The van der Waals surface area contributed by atoms with Crippen LogP contribution in [0.15, 0.2) is 23.1 Å². The number of rotatable bonds is 3. The first-order chi connectivity index (χ1) is 7.56. The number of nitro benzene ring substituents is 2. The summed E-state index contributed by atoms with van der Waals surface area (Å²) in [5, 5.41) is 20.9. The van der Waals surface area contributed by atoms with E-state index in [1.54, 1.807) is 6.26 Å². The molecule has 0 aliphatic carbocycles. The van der Waals surface area contributed by atoms with Gasteiger partial charge in [-0.15, -0.1) is 11.8 Å². The molecule has 0 amide bonds. The molecule has 0 spiro atoms. The first-order valence-corrected chi connectivity index (χ1v) is 5.75. The molecule has 0 bridgehead atoms. The van der Waals surface area contributed by atoms with Crippen LogP contribution >= 0.6 is 11.8 Å². The monoisotopic (exact) mass is 244 g/mol. The normalized spacial score (nSPS) is 8.94. The van der Waals surface area contributed by atoms with E-state index < -0.39 is 9.85 Å². The van der Waals surface area contributed by atoms with Gasteiger partial charge in [-0.1, -0.05) is 13.8 Å². The van der Waals surface area contributed by atoms with Crippen molar-refractivity contribution in [3.63, 3.8) is 0 Å². The van der Waals surface area contributed by atoms with Crippen LogP contribution in [0.25, 0.3) is 0 Å². The van der Waals surface area contributed by atoms with E-state index in [9.17, 15) is 20.2 Å². The van der Waals surface area contributed by atoms with E-state index in [4.69, 9.17) is 0 Å². The Balaban J connectivity index is 0.00000106. The van der Waals surface area contributed by atoms with Gasteiger partial charge in [-0.25, -0.2) is 0 Å². The van der Waals surface area contributed by atoms with E-state index in [1.807, 2.05) is 13.8 Å². The Labute approximate surface area is 97.0 Å². The van der Waals surface area contributed by atoms with E-state index in [1.165, 1.54) is 23.9 Å². The Bertz CT molecular complexity index is 395. The molecule has 1 aromatic rings. The molecule has 0 aliphatic rings. The molecule has 88 valence electrons. The van der Waals surface area contributed by atoms with Crippen LogP contribution in [0.5, 0.6) is 0 Å². The summed E-state index contributed by atoms with van der Waals surface area (Å²) in [4.78, 5) is 20.0. The standard InChI is InChI=1S/C7H6N2O4S.C2H6/c1-14-7-3-2-5(8(10)11)4-6(7)9(12)13;1-2/h2-4H,1H3;1-2H3. The van der Waals surface area contributed by atoms with Gasteiger partial charge in [0, 0.05) is 6.07 Å². The molecule has 1 rings (SSSR count). The van der Waals surface area contributed by atoms with Crippen LogP contribution in [0.1, 0.15) is 13.8 Å². The topological polar surface area (TPSA) is 86.3 Å². The summed E-state index contributed by atoms with van der Waals surface area (Å²) >= 11 is 1.18. The minimum absolute atomic E-state index is 0.230. The highest BCUT2D eigenvalue weighted by molar-refractivity contribution is 7.98. The highest BCUT2D eigenvalue weighted by atomic mass is 32.2. The summed E-state index contributed by atoms with van der Waals surface area (Å²) < 4.78 is 0. The number of thioether (sulfide) groups is 1. The summed E-state index contributed by atoms with van der Waals surface area (Å²) in [5.74, 6) is 0. The van der Waals surface area contributed by atoms with Gasteiger partial charge in [0.05, 0.1) is 20.8 Å². The maximum Gasteiger partial charge on any atom is 0.289 e. The minimum atomic E-state index is -0.656. The number of nitrogens with zero attached hydrogens (tertiary/aromatic N) is 2. The first-order valence-electron chi connectivity index (χ1n) is 4.53. The Morgan fingerprint density at radius 3 is 2.06 bits per heavy atom. The molecule has 1 aromatic carbocycles.